The maximum Gasteiger partial charge on any atom is 0.142 e. The van der Waals surface area contributed by atoms with Gasteiger partial charge in [-0.1, -0.05) is 32.9 Å². The molecule has 3 heteroatoms. The third-order valence-electron chi connectivity index (χ3n) is 2.25. The third-order valence-corrected chi connectivity index (χ3v) is 2.86. The highest BCUT2D eigenvalue weighted by atomic mass is 79.9. The summed E-state index contributed by atoms with van der Waals surface area (Å²) < 4.78 is 14.1. The van der Waals surface area contributed by atoms with Crippen LogP contribution in [0.3, 0.4) is 0 Å². The zero-order valence-electron chi connectivity index (χ0n) is 8.64. The lowest BCUT2D eigenvalue weighted by molar-refractivity contribution is 0.319. The summed E-state index contributed by atoms with van der Waals surface area (Å²) in [5, 5.41) is 0. The standard InChI is InChI=1S/C11H15BrFN/c1-11(2,3)10(14)7-5-4-6-8(12)9(7)13/h4-6,10H,14H2,1-3H3/t10-/m1/s1. The highest BCUT2D eigenvalue weighted by molar-refractivity contribution is 9.10. The van der Waals surface area contributed by atoms with Gasteiger partial charge in [-0.25, -0.2) is 4.39 Å². The van der Waals surface area contributed by atoms with E-state index >= 15 is 0 Å². The largest absolute Gasteiger partial charge is 0.323 e. The molecule has 0 heterocycles. The molecule has 78 valence electrons. The molecule has 0 bridgehead atoms. The van der Waals surface area contributed by atoms with Gasteiger partial charge in [0.1, 0.15) is 5.82 Å². The molecule has 1 atom stereocenters. The van der Waals surface area contributed by atoms with Crippen molar-refractivity contribution in [3.8, 4) is 0 Å². The van der Waals surface area contributed by atoms with E-state index in [4.69, 9.17) is 5.73 Å². The van der Waals surface area contributed by atoms with Gasteiger partial charge in [-0.05, 0) is 27.4 Å². The Balaban J connectivity index is 3.14. The van der Waals surface area contributed by atoms with Crippen LogP contribution in [0.15, 0.2) is 22.7 Å². The summed E-state index contributed by atoms with van der Waals surface area (Å²) in [5.74, 6) is -0.255. The minimum atomic E-state index is -0.292. The SMILES string of the molecule is CC(C)(C)[C@H](N)c1cccc(Br)c1F. The van der Waals surface area contributed by atoms with Crippen LogP contribution in [0.1, 0.15) is 32.4 Å². The second-order valence-corrected chi connectivity index (χ2v) is 5.34. The van der Waals surface area contributed by atoms with Crippen molar-refractivity contribution < 1.29 is 4.39 Å². The molecule has 0 saturated carbocycles. The van der Waals surface area contributed by atoms with Gasteiger partial charge in [0, 0.05) is 11.6 Å². The maximum absolute atomic E-state index is 13.7. The van der Waals surface area contributed by atoms with Crippen LogP contribution in [0.4, 0.5) is 4.39 Å². The molecule has 0 fully saturated rings. The summed E-state index contributed by atoms with van der Waals surface area (Å²) in [7, 11) is 0. The molecule has 0 unspecified atom stereocenters. The van der Waals surface area contributed by atoms with Gasteiger partial charge < -0.3 is 5.73 Å². The van der Waals surface area contributed by atoms with E-state index in [1.165, 1.54) is 0 Å². The van der Waals surface area contributed by atoms with E-state index in [-0.39, 0.29) is 17.3 Å². The Labute approximate surface area is 92.6 Å². The number of nitrogens with two attached hydrogens (primary N) is 1. The Morgan fingerprint density at radius 1 is 1.36 bits per heavy atom. The van der Waals surface area contributed by atoms with E-state index in [9.17, 15) is 4.39 Å². The quantitative estimate of drug-likeness (QED) is 0.819. The Hall–Kier alpha value is -0.410. The van der Waals surface area contributed by atoms with Crippen molar-refractivity contribution in [3.63, 3.8) is 0 Å². The zero-order valence-corrected chi connectivity index (χ0v) is 10.2. The van der Waals surface area contributed by atoms with Gasteiger partial charge in [0.15, 0.2) is 0 Å². The van der Waals surface area contributed by atoms with Crippen LogP contribution in [0.25, 0.3) is 0 Å². The van der Waals surface area contributed by atoms with Crippen LogP contribution in [0, 0.1) is 11.2 Å². The van der Waals surface area contributed by atoms with Crippen LogP contribution >= 0.6 is 15.9 Å². The summed E-state index contributed by atoms with van der Waals surface area (Å²) in [6.45, 7) is 5.99. The average Bonchev–Trinajstić information content (AvgIpc) is 2.07. The van der Waals surface area contributed by atoms with Crippen molar-refractivity contribution in [3.05, 3.63) is 34.1 Å². The minimum Gasteiger partial charge on any atom is -0.323 e. The summed E-state index contributed by atoms with van der Waals surface area (Å²) in [5.41, 5.74) is 6.41. The lowest BCUT2D eigenvalue weighted by atomic mass is 9.83. The predicted molar refractivity (Wildman–Crippen MR) is 60.5 cm³/mol. The molecule has 0 spiro atoms. The van der Waals surface area contributed by atoms with Crippen LogP contribution in [0.5, 0.6) is 0 Å². The fourth-order valence-corrected chi connectivity index (χ4v) is 1.61. The van der Waals surface area contributed by atoms with Gasteiger partial charge in [0.2, 0.25) is 0 Å². The van der Waals surface area contributed by atoms with Gasteiger partial charge >= 0.3 is 0 Å². The first kappa shape index (κ1) is 11.7. The van der Waals surface area contributed by atoms with E-state index < -0.39 is 0 Å². The highest BCUT2D eigenvalue weighted by Gasteiger charge is 2.25. The molecule has 0 saturated heterocycles. The van der Waals surface area contributed by atoms with Gasteiger partial charge in [-0.15, -0.1) is 0 Å². The molecule has 1 nitrogen and oxygen atoms in total. The lowest BCUT2D eigenvalue weighted by Gasteiger charge is -2.27. The number of halogens is 2. The van der Waals surface area contributed by atoms with E-state index in [1.54, 1.807) is 18.2 Å². The highest BCUT2D eigenvalue weighted by Crippen LogP contribution is 2.33. The molecule has 0 aliphatic heterocycles. The Kier molecular flexibility index (Phi) is 3.32. The molecule has 2 N–H and O–H groups in total. The molecule has 1 aromatic rings. The maximum atomic E-state index is 13.7. The monoisotopic (exact) mass is 259 g/mol. The van der Waals surface area contributed by atoms with E-state index in [0.29, 0.717) is 10.0 Å². The molecule has 14 heavy (non-hydrogen) atoms. The van der Waals surface area contributed by atoms with Crippen LogP contribution in [-0.4, -0.2) is 0 Å². The van der Waals surface area contributed by atoms with Crippen molar-refractivity contribution in [2.75, 3.05) is 0 Å². The average molecular weight is 260 g/mol. The topological polar surface area (TPSA) is 26.0 Å². The van der Waals surface area contributed by atoms with Gasteiger partial charge in [0.05, 0.1) is 4.47 Å². The fourth-order valence-electron chi connectivity index (χ4n) is 1.23. The molecule has 0 aromatic heterocycles. The summed E-state index contributed by atoms with van der Waals surface area (Å²) >= 11 is 3.15. The van der Waals surface area contributed by atoms with Gasteiger partial charge in [-0.2, -0.15) is 0 Å². The van der Waals surface area contributed by atoms with Crippen molar-refractivity contribution in [2.24, 2.45) is 11.1 Å². The van der Waals surface area contributed by atoms with Crippen LogP contribution in [0.2, 0.25) is 0 Å². The van der Waals surface area contributed by atoms with E-state index in [2.05, 4.69) is 15.9 Å². The second kappa shape index (κ2) is 3.99. The van der Waals surface area contributed by atoms with E-state index in [0.717, 1.165) is 0 Å². The van der Waals surface area contributed by atoms with Crippen molar-refractivity contribution in [1.82, 2.24) is 0 Å². The fraction of sp³-hybridized carbons (Fsp3) is 0.455. The smallest absolute Gasteiger partial charge is 0.142 e. The molecule has 1 aromatic carbocycles. The first-order valence-corrected chi connectivity index (χ1v) is 5.33. The Morgan fingerprint density at radius 2 is 1.93 bits per heavy atom. The number of hydrogen-bond donors (Lipinski definition) is 1. The molecular weight excluding hydrogens is 245 g/mol. The molecule has 0 aliphatic rings. The second-order valence-electron chi connectivity index (χ2n) is 4.49. The van der Waals surface area contributed by atoms with Crippen LogP contribution < -0.4 is 5.73 Å². The lowest BCUT2D eigenvalue weighted by Crippen LogP contribution is -2.27. The Morgan fingerprint density at radius 3 is 2.43 bits per heavy atom. The normalized spacial score (nSPS) is 14.1. The van der Waals surface area contributed by atoms with Gasteiger partial charge in [0.25, 0.3) is 0 Å². The summed E-state index contributed by atoms with van der Waals surface area (Å²) in [6.07, 6.45) is 0. The molecule has 1 rings (SSSR count). The van der Waals surface area contributed by atoms with Gasteiger partial charge in [-0.3, -0.25) is 0 Å². The zero-order chi connectivity index (χ0) is 10.9. The summed E-state index contributed by atoms with van der Waals surface area (Å²) in [6, 6.07) is 4.91. The Bertz CT molecular complexity index is 331. The first-order chi connectivity index (χ1) is 6.34. The number of benzene rings is 1. The molecule has 0 amide bonds. The molecule has 0 radical (unpaired) electrons. The van der Waals surface area contributed by atoms with E-state index in [1.807, 2.05) is 20.8 Å². The van der Waals surface area contributed by atoms with Crippen molar-refractivity contribution >= 4 is 15.9 Å². The predicted octanol–water partition coefficient (Wildman–Crippen LogP) is 3.63. The molecular formula is C11H15BrFN. The number of rotatable bonds is 1. The van der Waals surface area contributed by atoms with Crippen LogP contribution in [-0.2, 0) is 0 Å². The molecule has 0 aliphatic carbocycles. The van der Waals surface area contributed by atoms with Crippen molar-refractivity contribution in [1.29, 1.82) is 0 Å². The van der Waals surface area contributed by atoms with Crippen molar-refractivity contribution in [2.45, 2.75) is 26.8 Å². The third kappa shape index (κ3) is 2.34. The summed E-state index contributed by atoms with van der Waals surface area (Å²) in [4.78, 5) is 0. The number of hydrogen-bond acceptors (Lipinski definition) is 1. The first-order valence-electron chi connectivity index (χ1n) is 4.53. The minimum absolute atomic E-state index is 0.137.